The topological polar surface area (TPSA) is 74.4 Å². The smallest absolute Gasteiger partial charge is 0.332 e. The predicted octanol–water partition coefficient (Wildman–Crippen LogP) is 0.665. The van der Waals surface area contributed by atoms with Gasteiger partial charge < -0.3 is 4.98 Å². The monoisotopic (exact) mass is 204 g/mol. The SMILES string of the molecule is O=c1ncc2[nH]c(C(F)(F)F)nc2[nH]1. The van der Waals surface area contributed by atoms with Crippen LogP contribution in [0.15, 0.2) is 11.0 Å². The average Bonchev–Trinajstić information content (AvgIpc) is 2.45. The van der Waals surface area contributed by atoms with Crippen LogP contribution in [0.25, 0.3) is 11.2 Å². The molecule has 0 aliphatic rings. The van der Waals surface area contributed by atoms with Crippen molar-refractivity contribution in [2.45, 2.75) is 6.18 Å². The van der Waals surface area contributed by atoms with Gasteiger partial charge in [-0.05, 0) is 0 Å². The molecule has 74 valence electrons. The summed E-state index contributed by atoms with van der Waals surface area (Å²) >= 11 is 0. The Balaban J connectivity index is 2.69. The van der Waals surface area contributed by atoms with Crippen LogP contribution in [0, 0.1) is 0 Å². The summed E-state index contributed by atoms with van der Waals surface area (Å²) in [5.41, 5.74) is -0.855. The summed E-state index contributed by atoms with van der Waals surface area (Å²) in [5, 5.41) is 0. The minimum atomic E-state index is -4.56. The van der Waals surface area contributed by atoms with Crippen LogP contribution in [-0.4, -0.2) is 19.9 Å². The molecule has 5 nitrogen and oxygen atoms in total. The van der Waals surface area contributed by atoms with Crippen molar-refractivity contribution in [1.29, 1.82) is 0 Å². The van der Waals surface area contributed by atoms with Gasteiger partial charge in [-0.25, -0.2) is 9.78 Å². The lowest BCUT2D eigenvalue weighted by Crippen LogP contribution is -2.08. The number of rotatable bonds is 0. The second-order valence-corrected chi connectivity index (χ2v) is 2.53. The Morgan fingerprint density at radius 2 is 2.00 bits per heavy atom. The zero-order valence-corrected chi connectivity index (χ0v) is 6.51. The van der Waals surface area contributed by atoms with Crippen molar-refractivity contribution in [2.24, 2.45) is 0 Å². The molecular weight excluding hydrogens is 201 g/mol. The molecule has 0 unspecified atom stereocenters. The van der Waals surface area contributed by atoms with Gasteiger partial charge in [-0.3, -0.25) is 4.98 Å². The molecule has 0 radical (unpaired) electrons. The largest absolute Gasteiger partial charge is 0.449 e. The Hall–Kier alpha value is -1.86. The zero-order valence-electron chi connectivity index (χ0n) is 6.51. The van der Waals surface area contributed by atoms with E-state index < -0.39 is 17.7 Å². The maximum absolute atomic E-state index is 12.1. The Bertz CT molecular complexity index is 526. The van der Waals surface area contributed by atoms with Crippen LogP contribution in [0.1, 0.15) is 5.82 Å². The lowest BCUT2D eigenvalue weighted by Gasteiger charge is -1.98. The molecular formula is C6H3F3N4O. The fourth-order valence-corrected chi connectivity index (χ4v) is 0.966. The number of alkyl halides is 3. The van der Waals surface area contributed by atoms with Crippen molar-refractivity contribution in [3.8, 4) is 0 Å². The minimum absolute atomic E-state index is 0.0388. The second kappa shape index (κ2) is 2.56. The maximum atomic E-state index is 12.1. The van der Waals surface area contributed by atoms with Crippen molar-refractivity contribution >= 4 is 11.2 Å². The predicted molar refractivity (Wildman–Crippen MR) is 39.5 cm³/mol. The van der Waals surface area contributed by atoms with E-state index in [1.165, 1.54) is 0 Å². The average molecular weight is 204 g/mol. The van der Waals surface area contributed by atoms with E-state index in [1.54, 1.807) is 0 Å². The van der Waals surface area contributed by atoms with Gasteiger partial charge >= 0.3 is 11.9 Å². The molecule has 2 rings (SSSR count). The molecule has 0 bridgehead atoms. The van der Waals surface area contributed by atoms with Gasteiger partial charge in [-0.2, -0.15) is 18.2 Å². The molecule has 14 heavy (non-hydrogen) atoms. The Morgan fingerprint density at radius 3 is 2.64 bits per heavy atom. The van der Waals surface area contributed by atoms with Crippen LogP contribution in [0.3, 0.4) is 0 Å². The lowest BCUT2D eigenvalue weighted by atomic mass is 10.6. The minimum Gasteiger partial charge on any atom is -0.332 e. The van der Waals surface area contributed by atoms with Crippen LogP contribution in [0.5, 0.6) is 0 Å². The number of nitrogens with one attached hydrogen (secondary N) is 2. The third kappa shape index (κ3) is 1.34. The van der Waals surface area contributed by atoms with Crippen LogP contribution in [-0.2, 0) is 6.18 Å². The van der Waals surface area contributed by atoms with E-state index in [4.69, 9.17) is 0 Å². The molecule has 0 aliphatic carbocycles. The highest BCUT2D eigenvalue weighted by atomic mass is 19.4. The number of hydrogen-bond donors (Lipinski definition) is 2. The highest BCUT2D eigenvalue weighted by Crippen LogP contribution is 2.27. The molecule has 2 aromatic rings. The van der Waals surface area contributed by atoms with Gasteiger partial charge in [-0.15, -0.1) is 0 Å². The molecule has 0 aromatic carbocycles. The van der Waals surface area contributed by atoms with Gasteiger partial charge in [0.1, 0.15) is 5.52 Å². The number of aromatic amines is 2. The first-order valence-electron chi connectivity index (χ1n) is 3.49. The van der Waals surface area contributed by atoms with Crippen molar-refractivity contribution < 1.29 is 13.2 Å². The highest BCUT2D eigenvalue weighted by Gasteiger charge is 2.34. The summed E-state index contributed by atoms with van der Waals surface area (Å²) < 4.78 is 36.4. The number of fused-ring (bicyclic) bond motifs is 1. The molecule has 0 atom stereocenters. The number of imidazole rings is 1. The molecule has 0 saturated carbocycles. The first-order chi connectivity index (χ1) is 6.47. The van der Waals surface area contributed by atoms with Crippen LogP contribution < -0.4 is 5.69 Å². The first-order valence-corrected chi connectivity index (χ1v) is 3.49. The Labute approximate surface area is 74.0 Å². The maximum Gasteiger partial charge on any atom is 0.449 e. The van der Waals surface area contributed by atoms with E-state index in [0.29, 0.717) is 0 Å². The van der Waals surface area contributed by atoms with Crippen molar-refractivity contribution in [2.75, 3.05) is 0 Å². The highest BCUT2D eigenvalue weighted by molar-refractivity contribution is 5.68. The summed E-state index contributed by atoms with van der Waals surface area (Å²) in [6.45, 7) is 0. The summed E-state index contributed by atoms with van der Waals surface area (Å²) in [6.07, 6.45) is -3.56. The first kappa shape index (κ1) is 8.73. The molecule has 2 heterocycles. The second-order valence-electron chi connectivity index (χ2n) is 2.53. The van der Waals surface area contributed by atoms with Crippen LogP contribution in [0.4, 0.5) is 13.2 Å². The fraction of sp³-hybridized carbons (Fsp3) is 0.167. The van der Waals surface area contributed by atoms with Gasteiger partial charge in [0.2, 0.25) is 5.82 Å². The number of H-pyrrole nitrogens is 2. The van der Waals surface area contributed by atoms with Gasteiger partial charge in [0, 0.05) is 0 Å². The quantitative estimate of drug-likeness (QED) is 0.662. The van der Waals surface area contributed by atoms with E-state index >= 15 is 0 Å². The third-order valence-corrected chi connectivity index (χ3v) is 1.54. The van der Waals surface area contributed by atoms with E-state index in [-0.39, 0.29) is 11.2 Å². The summed E-state index contributed by atoms with van der Waals surface area (Å²) in [4.78, 5) is 21.1. The van der Waals surface area contributed by atoms with E-state index in [2.05, 4.69) is 15.0 Å². The Kier molecular flexibility index (Phi) is 1.60. The van der Waals surface area contributed by atoms with Gasteiger partial charge in [-0.1, -0.05) is 0 Å². The normalized spacial score (nSPS) is 12.2. The Morgan fingerprint density at radius 1 is 1.29 bits per heavy atom. The third-order valence-electron chi connectivity index (χ3n) is 1.54. The molecule has 8 heteroatoms. The molecule has 0 amide bonds. The number of hydrogen-bond acceptors (Lipinski definition) is 3. The van der Waals surface area contributed by atoms with E-state index in [1.807, 2.05) is 4.98 Å². The molecule has 0 saturated heterocycles. The van der Waals surface area contributed by atoms with Gasteiger partial charge in [0.15, 0.2) is 5.65 Å². The van der Waals surface area contributed by atoms with Gasteiger partial charge in [0.05, 0.1) is 6.20 Å². The van der Waals surface area contributed by atoms with Crippen LogP contribution >= 0.6 is 0 Å². The molecule has 0 spiro atoms. The molecule has 0 fully saturated rings. The summed E-state index contributed by atoms with van der Waals surface area (Å²) in [7, 11) is 0. The standard InChI is InChI=1S/C6H3F3N4O/c7-6(8,9)4-11-2-1-10-5(14)13-3(2)12-4/h1H,(H2,10,11,12,13,14). The van der Waals surface area contributed by atoms with E-state index in [9.17, 15) is 18.0 Å². The fourth-order valence-electron chi connectivity index (χ4n) is 0.966. The molecule has 2 aromatic heterocycles. The van der Waals surface area contributed by atoms with Crippen LogP contribution in [0.2, 0.25) is 0 Å². The summed E-state index contributed by atoms with van der Waals surface area (Å²) in [5.74, 6) is -1.16. The zero-order chi connectivity index (χ0) is 10.3. The lowest BCUT2D eigenvalue weighted by molar-refractivity contribution is -0.144. The van der Waals surface area contributed by atoms with E-state index in [0.717, 1.165) is 6.20 Å². The van der Waals surface area contributed by atoms with Crippen molar-refractivity contribution in [1.82, 2.24) is 19.9 Å². The number of aromatic nitrogens is 4. The van der Waals surface area contributed by atoms with Crippen molar-refractivity contribution in [3.63, 3.8) is 0 Å². The van der Waals surface area contributed by atoms with Crippen molar-refractivity contribution in [3.05, 3.63) is 22.5 Å². The van der Waals surface area contributed by atoms with Gasteiger partial charge in [0.25, 0.3) is 0 Å². The number of halogens is 3. The molecule has 2 N–H and O–H groups in total. The number of nitrogens with zero attached hydrogens (tertiary/aromatic N) is 2. The summed E-state index contributed by atoms with van der Waals surface area (Å²) in [6, 6.07) is 0. The molecule has 0 aliphatic heterocycles.